The molecular formula is C95H175N11O4. The Labute approximate surface area is 679 Å². The van der Waals surface area contributed by atoms with Crippen LogP contribution >= 0.6 is 0 Å². The maximum atomic E-state index is 10.6. The molecule has 4 aromatic rings. The van der Waals surface area contributed by atoms with Gasteiger partial charge in [-0.2, -0.15) is 0 Å². The first kappa shape index (κ1) is 103. The fourth-order valence-electron chi connectivity index (χ4n) is 13.9. The van der Waals surface area contributed by atoms with Crippen molar-refractivity contribution in [3.63, 3.8) is 0 Å². The summed E-state index contributed by atoms with van der Waals surface area (Å²) in [6, 6.07) is 42.4. The Morgan fingerprint density at radius 2 is 1.03 bits per heavy atom. The number of nitrogens with one attached hydrogen (secondary N) is 5. The minimum Gasteiger partial charge on any atom is -0.497 e. The molecule has 2 atom stereocenters. The summed E-state index contributed by atoms with van der Waals surface area (Å²) < 4.78 is 10.3. The van der Waals surface area contributed by atoms with Crippen LogP contribution < -0.4 is 36.2 Å². The van der Waals surface area contributed by atoms with E-state index in [1.165, 1.54) is 151 Å². The van der Waals surface area contributed by atoms with Crippen LogP contribution in [0.3, 0.4) is 0 Å². The number of aryl methyl sites for hydroxylation is 1. The average molecular weight is 1540 g/mol. The predicted octanol–water partition coefficient (Wildman–Crippen LogP) is 21.2. The van der Waals surface area contributed by atoms with Crippen molar-refractivity contribution < 1.29 is 14.4 Å². The lowest BCUT2D eigenvalue weighted by molar-refractivity contribution is -0.384. The fraction of sp³-hybridized carbons (Fsp3) is 0.747. The van der Waals surface area contributed by atoms with Crippen LogP contribution in [-0.4, -0.2) is 184 Å². The van der Waals surface area contributed by atoms with Gasteiger partial charge < -0.3 is 45.9 Å². The van der Waals surface area contributed by atoms with Gasteiger partial charge in [-0.1, -0.05) is 227 Å². The zero-order valence-corrected chi connectivity index (χ0v) is 75.8. The van der Waals surface area contributed by atoms with E-state index in [2.05, 4.69) is 284 Å². The highest BCUT2D eigenvalue weighted by Gasteiger charge is 2.23. The van der Waals surface area contributed by atoms with Gasteiger partial charge in [0.2, 0.25) is 0 Å². The maximum Gasteiger partial charge on any atom is 0.269 e. The fourth-order valence-corrected chi connectivity index (χ4v) is 13.9. The van der Waals surface area contributed by atoms with E-state index in [0.29, 0.717) is 48.3 Å². The van der Waals surface area contributed by atoms with Gasteiger partial charge in [0, 0.05) is 143 Å². The lowest BCUT2D eigenvalue weighted by Gasteiger charge is -2.38. The van der Waals surface area contributed by atoms with Gasteiger partial charge >= 0.3 is 0 Å². The van der Waals surface area contributed by atoms with E-state index in [1.54, 1.807) is 19.2 Å². The zero-order valence-electron chi connectivity index (χ0n) is 75.8. The summed E-state index contributed by atoms with van der Waals surface area (Å²) in [5.41, 5.74) is 6.63. The van der Waals surface area contributed by atoms with Crippen molar-refractivity contribution in [1.29, 1.82) is 0 Å². The van der Waals surface area contributed by atoms with E-state index in [-0.39, 0.29) is 10.6 Å². The molecule has 5 fully saturated rings. The number of nitrogens with zero attached hydrogens (tertiary/aromatic N) is 6. The molecule has 2 unspecified atom stereocenters. The van der Waals surface area contributed by atoms with Crippen molar-refractivity contribution in [3.05, 3.63) is 135 Å². The van der Waals surface area contributed by atoms with E-state index < -0.39 is 0 Å². The van der Waals surface area contributed by atoms with Crippen molar-refractivity contribution in [3.8, 4) is 5.75 Å². The summed E-state index contributed by atoms with van der Waals surface area (Å²) >= 11 is 0. The highest BCUT2D eigenvalue weighted by Crippen LogP contribution is 2.27. The quantitative estimate of drug-likeness (QED) is 0.0200. The summed E-state index contributed by atoms with van der Waals surface area (Å²) in [5, 5.41) is 28.0. The number of morpholine rings is 1. The number of anilines is 1. The van der Waals surface area contributed by atoms with Crippen LogP contribution in [0.15, 0.2) is 103 Å². The van der Waals surface area contributed by atoms with E-state index >= 15 is 0 Å². The lowest BCUT2D eigenvalue weighted by Crippen LogP contribution is -2.48. The number of unbranched alkanes of at least 4 members (excludes halogenated alkanes) is 5. The largest absolute Gasteiger partial charge is 0.497 e. The van der Waals surface area contributed by atoms with E-state index in [1.807, 2.05) is 24.3 Å². The number of nitro benzene ring substituents is 1. The molecule has 2 heterocycles. The number of ether oxygens (including phenoxy) is 2. The molecule has 0 radical (unpaired) electrons. The first-order valence-corrected chi connectivity index (χ1v) is 44.3. The SMILES string of the molecule is CC(C)N(C)C1CCCCC1.CC(C)N(C)Cc1ccccc1.CC(C)N1CCN(c2ccc([N+](=O)[O-])cc2)CC1.CC(C)N1CCOCC1.CC(C)NC1CCCCC1C.CC1CCC(NC(C)C)CC1.CCCCCCCCNC(C)C.COc1ccc(CCNC(C)C)cc1.Cc1ccc(CNC(C)C)cc1. The van der Waals surface area contributed by atoms with E-state index in [9.17, 15) is 10.1 Å². The number of rotatable bonds is 29. The minimum atomic E-state index is -0.361. The number of nitro groups is 1. The van der Waals surface area contributed by atoms with Crippen LogP contribution in [0.1, 0.15) is 290 Å². The first-order chi connectivity index (χ1) is 52.3. The zero-order chi connectivity index (χ0) is 82.2. The third kappa shape index (κ3) is 53.5. The molecule has 0 amide bonds. The monoisotopic (exact) mass is 1530 g/mol. The standard InChI is InChI=1S/C13H19N3O2.C12H19NO.2C11H17N.C11H25N.3C10H21N.C7H15NO/c1-11(2)14-7-9-15(10-8-14)12-3-5-13(6-4-12)16(17)18;1-10(2)13-9-8-11-4-6-12(14-3)7-5-11;1-9(2)12-8-11-6-4-10(3)5-7-11;1-10(2)12(3)9-11-7-5-4-6-8-11;1-4-5-6-7-8-9-10-12-11(2)3;1-8(2)11-10-6-4-9(3)5-7-10;1-9(2)11(3)10-7-5-4-6-8-10;1-8(2)11-10-7-5-4-6-9(10)3;1-7(2)8-3-5-9-6-4-8/h3-6,11H,7-10H2,1-2H3;4-7,10,13H,8-9H2,1-3H3;4-7,9,12H,8H2,1-3H3;4-8,10H,9H2,1-3H3;11-12H,4-10H2,1-3H3;8-11H,4-7H2,1-3H3;9-10H,4-8H2,1-3H3;8-11H,4-7H2,1-3H3;7H,3-6H2,1-2H3. The van der Waals surface area contributed by atoms with Gasteiger partial charge in [-0.3, -0.25) is 24.8 Å². The first-order valence-electron chi connectivity index (χ1n) is 44.3. The summed E-state index contributed by atoms with van der Waals surface area (Å²) in [7, 11) is 6.10. The number of methoxy groups -OCH3 is 1. The molecule has 4 aromatic carbocycles. The number of non-ortho nitro benzene ring substituents is 1. The normalized spacial score (nSPS) is 18.3. The molecule has 5 aliphatic rings. The molecule has 15 heteroatoms. The second-order valence-corrected chi connectivity index (χ2v) is 34.8. The molecule has 2 saturated heterocycles. The van der Waals surface area contributed by atoms with Crippen LogP contribution in [0, 0.1) is 28.9 Å². The molecule has 5 N–H and O–H groups in total. The highest BCUT2D eigenvalue weighted by molar-refractivity contribution is 5.51. The van der Waals surface area contributed by atoms with Gasteiger partial charge in [-0.15, -0.1) is 0 Å². The molecule has 0 spiro atoms. The smallest absolute Gasteiger partial charge is 0.269 e. The molecule has 0 bridgehead atoms. The molecule has 634 valence electrons. The van der Waals surface area contributed by atoms with Crippen molar-refractivity contribution in [2.45, 2.75) is 366 Å². The molecule has 3 saturated carbocycles. The Morgan fingerprint density at radius 1 is 0.518 bits per heavy atom. The van der Waals surface area contributed by atoms with Crippen LogP contribution in [0.25, 0.3) is 0 Å². The van der Waals surface area contributed by atoms with Gasteiger partial charge in [0.05, 0.1) is 25.2 Å². The van der Waals surface area contributed by atoms with Gasteiger partial charge in [0.1, 0.15) is 5.75 Å². The van der Waals surface area contributed by atoms with Crippen LogP contribution in [0.2, 0.25) is 0 Å². The Hall–Kier alpha value is -4.52. The van der Waals surface area contributed by atoms with Crippen molar-refractivity contribution in [2.24, 2.45) is 11.8 Å². The van der Waals surface area contributed by atoms with Crippen molar-refractivity contribution in [2.75, 3.05) is 91.7 Å². The second kappa shape index (κ2) is 63.7. The number of hydrogen-bond acceptors (Lipinski definition) is 14. The molecule has 110 heavy (non-hydrogen) atoms. The Kier molecular flexibility index (Phi) is 60.0. The van der Waals surface area contributed by atoms with Gasteiger partial charge in [-0.05, 0) is 206 Å². The third-order valence-corrected chi connectivity index (χ3v) is 21.7. The number of piperazine rings is 1. The molecule has 9 rings (SSSR count). The second-order valence-electron chi connectivity index (χ2n) is 34.8. The molecular weight excluding hydrogens is 1360 g/mol. The summed E-state index contributed by atoms with van der Waals surface area (Å²) in [6.45, 7) is 61.3. The predicted molar refractivity (Wildman–Crippen MR) is 481 cm³/mol. The van der Waals surface area contributed by atoms with Crippen LogP contribution in [-0.2, 0) is 24.2 Å². The van der Waals surface area contributed by atoms with Crippen molar-refractivity contribution >= 4 is 11.4 Å². The van der Waals surface area contributed by atoms with E-state index in [0.717, 1.165) is 126 Å². The summed E-state index contributed by atoms with van der Waals surface area (Å²) in [4.78, 5) is 22.2. The molecule has 2 aliphatic heterocycles. The van der Waals surface area contributed by atoms with Gasteiger partial charge in [-0.25, -0.2) is 0 Å². The summed E-state index contributed by atoms with van der Waals surface area (Å²) in [5.74, 6) is 2.79. The highest BCUT2D eigenvalue weighted by atomic mass is 16.6. The Bertz CT molecular complexity index is 2700. The average Bonchev–Trinajstić information content (AvgIpc) is 0.842. The van der Waals surface area contributed by atoms with Crippen LogP contribution in [0.5, 0.6) is 5.75 Å². The summed E-state index contributed by atoms with van der Waals surface area (Å²) in [6.07, 6.45) is 27.9. The Balaban J connectivity index is 0.000000623. The lowest BCUT2D eigenvalue weighted by atomic mass is 9.85. The maximum absolute atomic E-state index is 10.6. The molecule has 3 aliphatic carbocycles. The molecule has 0 aromatic heterocycles. The number of benzene rings is 4. The number of hydrogen-bond donors (Lipinski definition) is 5. The third-order valence-electron chi connectivity index (χ3n) is 21.7. The molecule has 15 nitrogen and oxygen atoms in total. The Morgan fingerprint density at radius 3 is 1.51 bits per heavy atom. The minimum absolute atomic E-state index is 0.152. The van der Waals surface area contributed by atoms with Gasteiger partial charge in [0.15, 0.2) is 0 Å². The topological polar surface area (TPSA) is 138 Å². The van der Waals surface area contributed by atoms with Crippen LogP contribution in [0.4, 0.5) is 11.4 Å². The van der Waals surface area contributed by atoms with E-state index in [4.69, 9.17) is 9.47 Å². The van der Waals surface area contributed by atoms with Crippen molar-refractivity contribution in [1.82, 2.24) is 46.2 Å². The van der Waals surface area contributed by atoms with Gasteiger partial charge in [0.25, 0.3) is 5.69 Å².